The zero-order valence-corrected chi connectivity index (χ0v) is 22.9. The van der Waals surface area contributed by atoms with Gasteiger partial charge in [-0.3, -0.25) is 10.1 Å². The predicted molar refractivity (Wildman–Crippen MR) is 158 cm³/mol. The van der Waals surface area contributed by atoms with Crippen LogP contribution in [0.2, 0.25) is 0 Å². The van der Waals surface area contributed by atoms with Crippen LogP contribution in [0.5, 0.6) is 0 Å². The van der Waals surface area contributed by atoms with Crippen LogP contribution in [-0.2, 0) is 9.53 Å². The second kappa shape index (κ2) is 11.0. The van der Waals surface area contributed by atoms with Gasteiger partial charge in [0.1, 0.15) is 10.8 Å². The Kier molecular flexibility index (Phi) is 7.06. The van der Waals surface area contributed by atoms with Gasteiger partial charge < -0.3 is 4.74 Å². The Bertz CT molecular complexity index is 1830. The van der Waals surface area contributed by atoms with Gasteiger partial charge in [0.15, 0.2) is 11.2 Å². The highest BCUT2D eigenvalue weighted by Crippen LogP contribution is 2.36. The molecule has 6 rings (SSSR count). The Hall–Kier alpha value is -4.47. The van der Waals surface area contributed by atoms with Crippen LogP contribution in [0.25, 0.3) is 42.8 Å². The van der Waals surface area contributed by atoms with Gasteiger partial charge in [-0.1, -0.05) is 49.4 Å². The molecule has 0 fully saturated rings. The Morgan fingerprint density at radius 2 is 1.73 bits per heavy atom. The second-order valence-corrected chi connectivity index (χ2v) is 10.9. The normalized spacial score (nSPS) is 11.9. The van der Waals surface area contributed by atoms with Crippen molar-refractivity contribution in [1.82, 2.24) is 9.97 Å². The lowest BCUT2D eigenvalue weighted by molar-refractivity contribution is -0.124. The third-order valence-electron chi connectivity index (χ3n) is 6.44. The second-order valence-electron chi connectivity index (χ2n) is 9.03. The number of hydrogen-bond acceptors (Lipinski definition) is 7. The van der Waals surface area contributed by atoms with E-state index < -0.39 is 18.0 Å². The quantitative estimate of drug-likeness (QED) is 0.198. The summed E-state index contributed by atoms with van der Waals surface area (Å²) < 4.78 is 20.1. The molecule has 0 radical (unpaired) electrons. The summed E-state index contributed by atoms with van der Waals surface area (Å²) in [6, 6.07) is 25.1. The first-order valence-corrected chi connectivity index (χ1v) is 14.3. The molecule has 1 amide bonds. The molecule has 198 valence electrons. The lowest BCUT2D eigenvalue weighted by Crippen LogP contribution is -2.32. The molecule has 40 heavy (non-hydrogen) atoms. The molecule has 1 atom stereocenters. The summed E-state index contributed by atoms with van der Waals surface area (Å²) in [7, 11) is 0. The minimum Gasteiger partial charge on any atom is -0.449 e. The number of benzene rings is 4. The fraction of sp³-hybridized carbons (Fsp3) is 0.0968. The Balaban J connectivity index is 1.25. The van der Waals surface area contributed by atoms with Crippen LogP contribution in [0.15, 0.2) is 90.3 Å². The molecule has 1 unspecified atom stereocenters. The largest absolute Gasteiger partial charge is 0.449 e. The number of hydrogen-bond donors (Lipinski definition) is 1. The van der Waals surface area contributed by atoms with E-state index in [2.05, 4.69) is 10.3 Å². The summed E-state index contributed by atoms with van der Waals surface area (Å²) in [6.07, 6.45) is -0.737. The number of rotatable bonds is 7. The number of halogens is 1. The molecule has 9 heteroatoms. The van der Waals surface area contributed by atoms with Crippen molar-refractivity contribution >= 4 is 60.7 Å². The number of anilines is 1. The van der Waals surface area contributed by atoms with Crippen LogP contribution < -0.4 is 5.32 Å². The lowest BCUT2D eigenvalue weighted by Gasteiger charge is -2.16. The molecule has 6 aromatic rings. The third-order valence-corrected chi connectivity index (χ3v) is 8.26. The maximum atomic E-state index is 13.5. The first kappa shape index (κ1) is 25.8. The third kappa shape index (κ3) is 5.09. The molecule has 0 aliphatic carbocycles. The predicted octanol–water partition coefficient (Wildman–Crippen LogP) is 7.95. The van der Waals surface area contributed by atoms with Crippen molar-refractivity contribution in [1.29, 1.82) is 0 Å². The van der Waals surface area contributed by atoms with Crippen LogP contribution in [0.3, 0.4) is 0 Å². The number of aromatic nitrogens is 2. The van der Waals surface area contributed by atoms with Gasteiger partial charge in [-0.05, 0) is 54.3 Å². The first-order valence-electron chi connectivity index (χ1n) is 12.6. The summed E-state index contributed by atoms with van der Waals surface area (Å²) in [5, 5.41) is 7.29. The smallest absolute Gasteiger partial charge is 0.339 e. The number of para-hydroxylation sites is 1. The zero-order chi connectivity index (χ0) is 27.6. The van der Waals surface area contributed by atoms with Gasteiger partial charge in [0.2, 0.25) is 0 Å². The van der Waals surface area contributed by atoms with Crippen molar-refractivity contribution in [3.8, 4) is 21.8 Å². The van der Waals surface area contributed by atoms with Crippen LogP contribution in [0.4, 0.5) is 9.52 Å². The molecule has 0 spiro atoms. The van der Waals surface area contributed by atoms with Crippen LogP contribution in [0.1, 0.15) is 23.7 Å². The van der Waals surface area contributed by atoms with Crippen LogP contribution in [-0.4, -0.2) is 27.9 Å². The molecule has 2 heterocycles. The summed E-state index contributed by atoms with van der Waals surface area (Å²) in [5.41, 5.74) is 3.44. The van der Waals surface area contributed by atoms with Gasteiger partial charge in [0, 0.05) is 21.9 Å². The molecule has 0 aliphatic heterocycles. The Labute approximate surface area is 237 Å². The van der Waals surface area contributed by atoms with Gasteiger partial charge in [-0.2, -0.15) is 0 Å². The van der Waals surface area contributed by atoms with Gasteiger partial charge in [-0.25, -0.2) is 19.2 Å². The van der Waals surface area contributed by atoms with Crippen molar-refractivity contribution in [2.75, 3.05) is 5.32 Å². The Morgan fingerprint density at radius 1 is 0.950 bits per heavy atom. The van der Waals surface area contributed by atoms with E-state index in [0.717, 1.165) is 37.1 Å². The molecule has 1 N–H and O–H groups in total. The van der Waals surface area contributed by atoms with E-state index in [-0.39, 0.29) is 12.2 Å². The number of esters is 1. The standard InChI is InChI=1S/C31H22FN3O3S2/c1-2-25(28(36)35-31-34-24(17-39-31)18-13-15-20(32)16-14-18)38-30(37)22-10-6-8-19-7-5-9-21(27(19)22)29-33-23-11-3-4-12-26(23)40-29/h3-17,25H,2H2,1H3,(H,34,35,36). The maximum absolute atomic E-state index is 13.5. The van der Waals surface area contributed by atoms with E-state index in [9.17, 15) is 14.0 Å². The van der Waals surface area contributed by atoms with Crippen molar-refractivity contribution < 1.29 is 18.7 Å². The monoisotopic (exact) mass is 567 g/mol. The topological polar surface area (TPSA) is 81.2 Å². The molecule has 2 aromatic heterocycles. The van der Waals surface area contributed by atoms with Gasteiger partial charge >= 0.3 is 5.97 Å². The van der Waals surface area contributed by atoms with Crippen molar-refractivity contribution in [3.63, 3.8) is 0 Å². The number of carbonyl (C=O) groups excluding carboxylic acids is 2. The highest BCUT2D eigenvalue weighted by molar-refractivity contribution is 7.21. The number of fused-ring (bicyclic) bond motifs is 2. The number of thiazole rings is 2. The fourth-order valence-electron chi connectivity index (χ4n) is 4.46. The van der Waals surface area contributed by atoms with E-state index in [4.69, 9.17) is 9.72 Å². The highest BCUT2D eigenvalue weighted by Gasteiger charge is 2.25. The number of carbonyl (C=O) groups is 2. The van der Waals surface area contributed by atoms with E-state index in [1.807, 2.05) is 48.5 Å². The highest BCUT2D eigenvalue weighted by atomic mass is 32.1. The number of amides is 1. The van der Waals surface area contributed by atoms with Gasteiger partial charge in [-0.15, -0.1) is 22.7 Å². The molecule has 0 saturated carbocycles. The molecular weight excluding hydrogens is 545 g/mol. The van der Waals surface area contributed by atoms with E-state index in [1.165, 1.54) is 23.5 Å². The zero-order valence-electron chi connectivity index (χ0n) is 21.3. The summed E-state index contributed by atoms with van der Waals surface area (Å²) >= 11 is 2.80. The average Bonchev–Trinajstić information content (AvgIpc) is 3.62. The number of nitrogens with zero attached hydrogens (tertiary/aromatic N) is 2. The van der Waals surface area contributed by atoms with Crippen molar-refractivity contribution in [3.05, 3.63) is 102 Å². The first-order chi connectivity index (χ1) is 19.5. The number of ether oxygens (including phenoxy) is 1. The van der Waals surface area contributed by atoms with E-state index in [0.29, 0.717) is 16.4 Å². The molecular formula is C31H22FN3O3S2. The van der Waals surface area contributed by atoms with E-state index >= 15 is 0 Å². The van der Waals surface area contributed by atoms with Crippen molar-refractivity contribution in [2.24, 2.45) is 0 Å². The minimum atomic E-state index is -1.02. The summed E-state index contributed by atoms with van der Waals surface area (Å²) in [5.74, 6) is -1.40. The van der Waals surface area contributed by atoms with Crippen LogP contribution >= 0.6 is 22.7 Å². The fourth-order valence-corrected chi connectivity index (χ4v) is 6.18. The molecule has 0 aliphatic rings. The summed E-state index contributed by atoms with van der Waals surface area (Å²) in [4.78, 5) is 35.8. The van der Waals surface area contributed by atoms with Gasteiger partial charge in [0.05, 0.1) is 21.5 Å². The van der Waals surface area contributed by atoms with Crippen LogP contribution in [0, 0.1) is 5.82 Å². The number of nitrogens with one attached hydrogen (secondary N) is 1. The summed E-state index contributed by atoms with van der Waals surface area (Å²) in [6.45, 7) is 1.78. The maximum Gasteiger partial charge on any atom is 0.339 e. The SMILES string of the molecule is CCC(OC(=O)c1cccc2cccc(-c3nc4ccccc4s3)c12)C(=O)Nc1nc(-c2ccc(F)cc2)cs1. The molecule has 6 nitrogen and oxygen atoms in total. The van der Waals surface area contributed by atoms with Gasteiger partial charge in [0.25, 0.3) is 5.91 Å². The molecule has 4 aromatic carbocycles. The molecule has 0 bridgehead atoms. The van der Waals surface area contributed by atoms with Crippen molar-refractivity contribution in [2.45, 2.75) is 19.4 Å². The average molecular weight is 568 g/mol. The van der Waals surface area contributed by atoms with E-state index in [1.54, 1.807) is 47.9 Å². The minimum absolute atomic E-state index is 0.281. The lowest BCUT2D eigenvalue weighted by atomic mass is 9.99. The Morgan fingerprint density at radius 3 is 2.50 bits per heavy atom. The molecule has 0 saturated heterocycles.